The summed E-state index contributed by atoms with van der Waals surface area (Å²) in [5, 5.41) is 1.53. The third-order valence-electron chi connectivity index (χ3n) is 4.27. The van der Waals surface area contributed by atoms with Crippen LogP contribution in [0.5, 0.6) is 0 Å². The predicted molar refractivity (Wildman–Crippen MR) is 64.3 cm³/mol. The molecular formula is C13H21NO4. The molecule has 5 nitrogen and oxygen atoms in total. The van der Waals surface area contributed by atoms with Gasteiger partial charge in [0, 0.05) is 12.8 Å². The van der Waals surface area contributed by atoms with Gasteiger partial charge in [-0.3, -0.25) is 14.4 Å². The number of rotatable bonds is 3. The third kappa shape index (κ3) is 2.51. The smallest absolute Gasteiger partial charge is 0.305 e. The minimum absolute atomic E-state index is 0.0671. The number of hydrogen-bond donors (Lipinski definition) is 0. The summed E-state index contributed by atoms with van der Waals surface area (Å²) in [5.74, 6) is 0.608. The van der Waals surface area contributed by atoms with Gasteiger partial charge in [0.15, 0.2) is 0 Å². The zero-order valence-corrected chi connectivity index (χ0v) is 11.1. The van der Waals surface area contributed by atoms with Crippen LogP contribution in [0.15, 0.2) is 0 Å². The van der Waals surface area contributed by atoms with Crippen LogP contribution in [0, 0.1) is 11.8 Å². The van der Waals surface area contributed by atoms with Gasteiger partial charge in [0.05, 0.1) is 20.3 Å². The molecule has 1 saturated carbocycles. The van der Waals surface area contributed by atoms with Crippen LogP contribution in [0.1, 0.15) is 38.5 Å². The van der Waals surface area contributed by atoms with E-state index in [0.29, 0.717) is 24.7 Å². The maximum atomic E-state index is 11.8. The molecule has 0 unspecified atom stereocenters. The topological polar surface area (TPSA) is 55.8 Å². The summed E-state index contributed by atoms with van der Waals surface area (Å²) < 4.78 is 4.76. The number of amides is 1. The molecule has 1 heterocycles. The highest BCUT2D eigenvalue weighted by Gasteiger charge is 2.43. The standard InChI is InChI=1S/C13H21NO4/c1-17-13(16)8-9-4-3-5-11-10(9)6-7-12(15)14(11)18-2/h9-11H,3-8H2,1-2H3/t9-,10-,11+/m0/s1. The molecule has 2 rings (SSSR count). The van der Waals surface area contributed by atoms with E-state index in [1.807, 2.05) is 0 Å². The largest absolute Gasteiger partial charge is 0.469 e. The van der Waals surface area contributed by atoms with Gasteiger partial charge in [-0.2, -0.15) is 0 Å². The van der Waals surface area contributed by atoms with E-state index in [1.165, 1.54) is 12.2 Å². The average Bonchev–Trinajstić information content (AvgIpc) is 2.38. The molecule has 18 heavy (non-hydrogen) atoms. The van der Waals surface area contributed by atoms with Crippen molar-refractivity contribution in [1.82, 2.24) is 5.06 Å². The minimum atomic E-state index is -0.151. The molecule has 1 aliphatic carbocycles. The van der Waals surface area contributed by atoms with Crippen LogP contribution >= 0.6 is 0 Å². The second kappa shape index (κ2) is 5.69. The predicted octanol–water partition coefficient (Wildman–Crippen LogP) is 1.52. The minimum Gasteiger partial charge on any atom is -0.469 e. The number of ether oxygens (including phenoxy) is 1. The monoisotopic (exact) mass is 255 g/mol. The van der Waals surface area contributed by atoms with Gasteiger partial charge >= 0.3 is 5.97 Å². The number of piperidine rings is 1. The highest BCUT2D eigenvalue weighted by Crippen LogP contribution is 2.41. The van der Waals surface area contributed by atoms with Gasteiger partial charge in [-0.05, 0) is 31.1 Å². The van der Waals surface area contributed by atoms with Crippen LogP contribution in [-0.4, -0.2) is 37.2 Å². The van der Waals surface area contributed by atoms with E-state index in [9.17, 15) is 9.59 Å². The van der Waals surface area contributed by atoms with E-state index < -0.39 is 0 Å². The van der Waals surface area contributed by atoms with E-state index in [0.717, 1.165) is 25.7 Å². The summed E-state index contributed by atoms with van der Waals surface area (Å²) in [4.78, 5) is 28.4. The van der Waals surface area contributed by atoms with Crippen molar-refractivity contribution in [2.75, 3.05) is 14.2 Å². The fourth-order valence-electron chi connectivity index (χ4n) is 3.42. The van der Waals surface area contributed by atoms with Crippen molar-refractivity contribution in [2.45, 2.75) is 44.6 Å². The van der Waals surface area contributed by atoms with Crippen molar-refractivity contribution in [1.29, 1.82) is 0 Å². The summed E-state index contributed by atoms with van der Waals surface area (Å²) in [6, 6.07) is 0.139. The highest BCUT2D eigenvalue weighted by atomic mass is 16.7. The number of hydroxylamine groups is 2. The van der Waals surface area contributed by atoms with Crippen molar-refractivity contribution >= 4 is 11.9 Å². The third-order valence-corrected chi connectivity index (χ3v) is 4.27. The normalized spacial score (nSPS) is 32.0. The van der Waals surface area contributed by atoms with Gasteiger partial charge in [-0.25, -0.2) is 5.06 Å². The Morgan fingerprint density at radius 1 is 1.33 bits per heavy atom. The van der Waals surface area contributed by atoms with Crippen LogP contribution in [0.2, 0.25) is 0 Å². The molecule has 1 saturated heterocycles. The number of nitrogens with zero attached hydrogens (tertiary/aromatic N) is 1. The first-order valence-electron chi connectivity index (χ1n) is 6.60. The molecule has 102 valence electrons. The van der Waals surface area contributed by atoms with E-state index in [4.69, 9.17) is 9.57 Å². The Bertz CT molecular complexity index is 331. The quantitative estimate of drug-likeness (QED) is 0.717. The molecule has 1 aliphatic heterocycles. The molecule has 0 bridgehead atoms. The summed E-state index contributed by atoms with van der Waals surface area (Å²) in [7, 11) is 2.97. The van der Waals surface area contributed by atoms with Crippen molar-refractivity contribution in [3.8, 4) is 0 Å². The number of esters is 1. The van der Waals surface area contributed by atoms with Crippen LogP contribution in [-0.2, 0) is 19.2 Å². The Kier molecular flexibility index (Phi) is 4.22. The molecule has 0 spiro atoms. The van der Waals surface area contributed by atoms with Crippen molar-refractivity contribution in [3.63, 3.8) is 0 Å². The molecule has 2 fully saturated rings. The fraction of sp³-hybridized carbons (Fsp3) is 0.846. The summed E-state index contributed by atoms with van der Waals surface area (Å²) in [6.45, 7) is 0. The number of carbonyl (C=O) groups is 2. The number of hydrogen-bond acceptors (Lipinski definition) is 4. The zero-order chi connectivity index (χ0) is 13.1. The van der Waals surface area contributed by atoms with E-state index in [1.54, 1.807) is 7.11 Å². The van der Waals surface area contributed by atoms with Gasteiger partial charge in [-0.1, -0.05) is 6.42 Å². The molecular weight excluding hydrogens is 234 g/mol. The Labute approximate surface area is 107 Å². The second-order valence-electron chi connectivity index (χ2n) is 5.14. The molecule has 0 aromatic rings. The van der Waals surface area contributed by atoms with Crippen molar-refractivity contribution in [3.05, 3.63) is 0 Å². The number of carbonyl (C=O) groups excluding carboxylic acids is 2. The van der Waals surface area contributed by atoms with Gasteiger partial charge in [-0.15, -0.1) is 0 Å². The average molecular weight is 255 g/mol. The molecule has 0 N–H and O–H groups in total. The van der Waals surface area contributed by atoms with Crippen LogP contribution < -0.4 is 0 Å². The molecule has 2 aliphatic rings. The van der Waals surface area contributed by atoms with Crippen LogP contribution in [0.4, 0.5) is 0 Å². The Balaban J connectivity index is 2.07. The van der Waals surface area contributed by atoms with Gasteiger partial charge in [0.1, 0.15) is 0 Å². The highest BCUT2D eigenvalue weighted by molar-refractivity contribution is 5.76. The zero-order valence-electron chi connectivity index (χ0n) is 11.1. The molecule has 0 aromatic carbocycles. The lowest BCUT2D eigenvalue weighted by Crippen LogP contribution is -2.51. The number of fused-ring (bicyclic) bond motifs is 1. The molecule has 1 amide bonds. The van der Waals surface area contributed by atoms with E-state index >= 15 is 0 Å². The van der Waals surface area contributed by atoms with E-state index in [2.05, 4.69) is 0 Å². The lowest BCUT2D eigenvalue weighted by molar-refractivity contribution is -0.210. The summed E-state index contributed by atoms with van der Waals surface area (Å²) in [5.41, 5.74) is 0. The summed E-state index contributed by atoms with van der Waals surface area (Å²) in [6.07, 6.45) is 4.90. The van der Waals surface area contributed by atoms with E-state index in [-0.39, 0.29) is 17.9 Å². The van der Waals surface area contributed by atoms with Gasteiger partial charge in [0.25, 0.3) is 0 Å². The first kappa shape index (κ1) is 13.3. The second-order valence-corrected chi connectivity index (χ2v) is 5.14. The lowest BCUT2D eigenvalue weighted by Gasteiger charge is -2.45. The molecule has 0 radical (unpaired) electrons. The SMILES string of the molecule is COC(=O)C[C@@H]1CCC[C@@H]2[C@H]1CCC(=O)N2OC. The van der Waals surface area contributed by atoms with Crippen molar-refractivity contribution in [2.24, 2.45) is 11.8 Å². The molecule has 3 atom stereocenters. The maximum Gasteiger partial charge on any atom is 0.305 e. The first-order chi connectivity index (χ1) is 8.67. The van der Waals surface area contributed by atoms with Crippen molar-refractivity contribution < 1.29 is 19.2 Å². The summed E-state index contributed by atoms with van der Waals surface area (Å²) >= 11 is 0. The van der Waals surface area contributed by atoms with Gasteiger partial charge in [0.2, 0.25) is 5.91 Å². The van der Waals surface area contributed by atoms with Gasteiger partial charge < -0.3 is 4.74 Å². The molecule has 0 aromatic heterocycles. The Morgan fingerprint density at radius 3 is 2.78 bits per heavy atom. The lowest BCUT2D eigenvalue weighted by atomic mass is 9.70. The van der Waals surface area contributed by atoms with Crippen LogP contribution in [0.25, 0.3) is 0 Å². The van der Waals surface area contributed by atoms with Crippen LogP contribution in [0.3, 0.4) is 0 Å². The first-order valence-corrected chi connectivity index (χ1v) is 6.60. The Hall–Kier alpha value is -1.10. The molecule has 5 heteroatoms. The Morgan fingerprint density at radius 2 is 2.11 bits per heavy atom. The fourth-order valence-corrected chi connectivity index (χ4v) is 3.42. The number of methoxy groups -OCH3 is 1. The maximum absolute atomic E-state index is 11.8.